The van der Waals surface area contributed by atoms with Crippen LogP contribution in [0.15, 0.2) is 35.6 Å². The van der Waals surface area contributed by atoms with Gasteiger partial charge in [0.05, 0.1) is 11.8 Å². The summed E-state index contributed by atoms with van der Waals surface area (Å²) < 4.78 is 2.02. The Balaban J connectivity index is 1.50. The number of ketones is 1. The summed E-state index contributed by atoms with van der Waals surface area (Å²) in [5, 5.41) is 10.1. The van der Waals surface area contributed by atoms with E-state index in [1.807, 2.05) is 47.6 Å². The van der Waals surface area contributed by atoms with Gasteiger partial charge in [-0.1, -0.05) is 36.4 Å². The number of carbonyl (C=O) groups is 2. The van der Waals surface area contributed by atoms with E-state index in [9.17, 15) is 9.59 Å². The molecule has 0 aliphatic carbocycles. The number of para-hydroxylation sites is 1. The lowest BCUT2D eigenvalue weighted by molar-refractivity contribution is -0.131. The second kappa shape index (κ2) is 9.04. The Hall–Kier alpha value is -2.61. The standard InChI is InChI=1S/C22H27N5O2S/c1-3-27-19(14-26-12-8-4-5-11-20(26)28)24-25-22(27)30-15(2)21(29)17-13-23-18-10-7-6-9-16(17)18/h6-7,9-10,13,15,23H,3-5,8,11-12,14H2,1-2H3/t15-/m0/s1. The summed E-state index contributed by atoms with van der Waals surface area (Å²) in [6.45, 7) is 5.88. The maximum atomic E-state index is 13.1. The maximum Gasteiger partial charge on any atom is 0.222 e. The molecule has 2 aromatic heterocycles. The zero-order chi connectivity index (χ0) is 21.1. The molecule has 30 heavy (non-hydrogen) atoms. The lowest BCUT2D eigenvalue weighted by Gasteiger charge is -2.20. The Bertz CT molecular complexity index is 1060. The number of hydrogen-bond acceptors (Lipinski definition) is 5. The summed E-state index contributed by atoms with van der Waals surface area (Å²) in [6.07, 6.45) is 5.48. The average Bonchev–Trinajstić information content (AvgIpc) is 3.29. The van der Waals surface area contributed by atoms with Crippen LogP contribution in [0.3, 0.4) is 0 Å². The van der Waals surface area contributed by atoms with Crippen molar-refractivity contribution in [3.8, 4) is 0 Å². The van der Waals surface area contributed by atoms with Crippen LogP contribution in [0.2, 0.25) is 0 Å². The van der Waals surface area contributed by atoms with Crippen LogP contribution in [0, 0.1) is 0 Å². The number of amides is 1. The number of thioether (sulfide) groups is 1. The van der Waals surface area contributed by atoms with E-state index in [1.54, 1.807) is 6.20 Å². The highest BCUT2D eigenvalue weighted by atomic mass is 32.2. The summed E-state index contributed by atoms with van der Waals surface area (Å²) in [5.41, 5.74) is 1.66. The monoisotopic (exact) mass is 425 g/mol. The van der Waals surface area contributed by atoms with E-state index in [4.69, 9.17) is 0 Å². The largest absolute Gasteiger partial charge is 0.360 e. The molecular formula is C22H27N5O2S. The van der Waals surface area contributed by atoms with Crippen LogP contribution >= 0.6 is 11.8 Å². The molecule has 0 bridgehead atoms. The van der Waals surface area contributed by atoms with E-state index in [0.717, 1.165) is 47.7 Å². The molecule has 0 saturated carbocycles. The average molecular weight is 426 g/mol. The third-order valence-corrected chi connectivity index (χ3v) is 6.70. The van der Waals surface area contributed by atoms with Crippen LogP contribution in [0.1, 0.15) is 55.7 Å². The normalized spacial score (nSPS) is 16.1. The van der Waals surface area contributed by atoms with Crippen LogP contribution in [0.4, 0.5) is 0 Å². The second-order valence-corrected chi connectivity index (χ2v) is 8.95. The van der Waals surface area contributed by atoms with Gasteiger partial charge in [0.2, 0.25) is 5.91 Å². The predicted octanol–water partition coefficient (Wildman–Crippen LogP) is 4.05. The number of Topliss-reactive ketones (excluding diaryl/α,β-unsaturated/α-hetero) is 1. The summed E-state index contributed by atoms with van der Waals surface area (Å²) in [7, 11) is 0. The number of carbonyl (C=O) groups excluding carboxylic acids is 2. The number of likely N-dealkylation sites (tertiary alicyclic amines) is 1. The second-order valence-electron chi connectivity index (χ2n) is 7.64. The van der Waals surface area contributed by atoms with E-state index < -0.39 is 0 Å². The lowest BCUT2D eigenvalue weighted by atomic mass is 10.1. The molecule has 1 aromatic carbocycles. The Morgan fingerprint density at radius 3 is 2.90 bits per heavy atom. The summed E-state index contributed by atoms with van der Waals surface area (Å²) in [6, 6.07) is 7.82. The molecule has 3 heterocycles. The molecule has 8 heteroatoms. The molecule has 3 aromatic rings. The smallest absolute Gasteiger partial charge is 0.222 e. The van der Waals surface area contributed by atoms with Gasteiger partial charge in [-0.2, -0.15) is 0 Å². The van der Waals surface area contributed by atoms with Gasteiger partial charge in [-0.25, -0.2) is 0 Å². The van der Waals surface area contributed by atoms with Crippen molar-refractivity contribution in [3.05, 3.63) is 41.9 Å². The Morgan fingerprint density at radius 2 is 2.07 bits per heavy atom. The van der Waals surface area contributed by atoms with Gasteiger partial charge in [-0.3, -0.25) is 9.59 Å². The van der Waals surface area contributed by atoms with E-state index >= 15 is 0 Å². The van der Waals surface area contributed by atoms with Crippen molar-refractivity contribution in [2.75, 3.05) is 6.54 Å². The summed E-state index contributed by atoms with van der Waals surface area (Å²) in [5.74, 6) is 1.03. The van der Waals surface area contributed by atoms with Crippen molar-refractivity contribution in [1.29, 1.82) is 0 Å². The Morgan fingerprint density at radius 1 is 1.23 bits per heavy atom. The first-order chi connectivity index (χ1) is 14.6. The molecule has 158 valence electrons. The van der Waals surface area contributed by atoms with Gasteiger partial charge in [0.25, 0.3) is 0 Å². The van der Waals surface area contributed by atoms with Gasteiger partial charge in [0.15, 0.2) is 16.8 Å². The lowest BCUT2D eigenvalue weighted by Crippen LogP contribution is -2.31. The minimum atomic E-state index is -0.300. The van der Waals surface area contributed by atoms with Crippen molar-refractivity contribution >= 4 is 34.4 Å². The van der Waals surface area contributed by atoms with Gasteiger partial charge in [0, 0.05) is 42.2 Å². The first-order valence-corrected chi connectivity index (χ1v) is 11.4. The first kappa shape index (κ1) is 20.7. The first-order valence-electron chi connectivity index (χ1n) is 10.5. The zero-order valence-corrected chi connectivity index (χ0v) is 18.2. The number of rotatable bonds is 7. The Labute approximate surface area is 180 Å². The summed E-state index contributed by atoms with van der Waals surface area (Å²) >= 11 is 1.42. The fourth-order valence-corrected chi connectivity index (χ4v) is 4.92. The SMILES string of the molecule is CCn1c(CN2CCCCCC2=O)nnc1S[C@@H](C)C(=O)c1c[nH]c2ccccc12. The van der Waals surface area contributed by atoms with Crippen LogP contribution in [0.25, 0.3) is 10.9 Å². The number of nitrogens with one attached hydrogen (secondary N) is 1. The van der Waals surface area contributed by atoms with Gasteiger partial charge in [0.1, 0.15) is 0 Å². The molecule has 4 rings (SSSR count). The van der Waals surface area contributed by atoms with Crippen LogP contribution < -0.4 is 0 Å². The van der Waals surface area contributed by atoms with Crippen molar-refractivity contribution in [2.45, 2.75) is 63.0 Å². The molecular weight excluding hydrogens is 398 g/mol. The van der Waals surface area contributed by atoms with Crippen LogP contribution in [0.5, 0.6) is 0 Å². The van der Waals surface area contributed by atoms with Crippen LogP contribution in [-0.2, 0) is 17.9 Å². The quantitative estimate of drug-likeness (QED) is 0.456. The van der Waals surface area contributed by atoms with Crippen molar-refractivity contribution < 1.29 is 9.59 Å². The third-order valence-electron chi connectivity index (χ3n) is 5.62. The van der Waals surface area contributed by atoms with Crippen LogP contribution in [-0.4, -0.2) is 48.1 Å². The summed E-state index contributed by atoms with van der Waals surface area (Å²) in [4.78, 5) is 30.5. The molecule has 0 unspecified atom stereocenters. The van der Waals surface area contributed by atoms with Gasteiger partial charge in [-0.05, 0) is 32.8 Å². The molecule has 0 radical (unpaired) electrons. The third kappa shape index (κ3) is 4.14. The number of nitrogens with zero attached hydrogens (tertiary/aromatic N) is 4. The highest BCUT2D eigenvalue weighted by Crippen LogP contribution is 2.28. The molecule has 7 nitrogen and oxygen atoms in total. The fraction of sp³-hybridized carbons (Fsp3) is 0.455. The maximum absolute atomic E-state index is 13.1. The Kier molecular flexibility index (Phi) is 6.22. The zero-order valence-electron chi connectivity index (χ0n) is 17.4. The fourth-order valence-electron chi connectivity index (χ4n) is 3.92. The highest BCUT2D eigenvalue weighted by molar-refractivity contribution is 8.00. The van der Waals surface area contributed by atoms with E-state index in [0.29, 0.717) is 25.1 Å². The van der Waals surface area contributed by atoms with Gasteiger partial charge in [-0.15, -0.1) is 10.2 Å². The minimum absolute atomic E-state index is 0.0624. The molecule has 1 fully saturated rings. The highest BCUT2D eigenvalue weighted by Gasteiger charge is 2.24. The van der Waals surface area contributed by atoms with Crippen molar-refractivity contribution in [2.24, 2.45) is 0 Å². The minimum Gasteiger partial charge on any atom is -0.360 e. The number of H-pyrrole nitrogens is 1. The topological polar surface area (TPSA) is 83.9 Å². The van der Waals surface area contributed by atoms with Gasteiger partial charge >= 0.3 is 0 Å². The molecule has 1 amide bonds. The van der Waals surface area contributed by atoms with E-state index in [2.05, 4.69) is 15.2 Å². The van der Waals surface area contributed by atoms with E-state index in [-0.39, 0.29) is 16.9 Å². The number of fused-ring (bicyclic) bond motifs is 1. The molecule has 1 aliphatic heterocycles. The van der Waals surface area contributed by atoms with E-state index in [1.165, 1.54) is 11.8 Å². The molecule has 0 spiro atoms. The number of aromatic nitrogens is 4. The molecule has 1 atom stereocenters. The van der Waals surface area contributed by atoms with Gasteiger partial charge < -0.3 is 14.5 Å². The number of benzene rings is 1. The van der Waals surface area contributed by atoms with Crippen molar-refractivity contribution in [1.82, 2.24) is 24.6 Å². The molecule has 1 N–H and O–H groups in total. The molecule has 1 saturated heterocycles. The predicted molar refractivity (Wildman–Crippen MR) is 118 cm³/mol. The molecule has 1 aliphatic rings. The number of aromatic amines is 1. The van der Waals surface area contributed by atoms with Crippen molar-refractivity contribution in [3.63, 3.8) is 0 Å². The number of hydrogen-bond donors (Lipinski definition) is 1.